The van der Waals surface area contributed by atoms with Gasteiger partial charge in [0.1, 0.15) is 23.3 Å². The van der Waals surface area contributed by atoms with Crippen molar-refractivity contribution in [3.63, 3.8) is 0 Å². The van der Waals surface area contributed by atoms with Crippen LogP contribution in [0.5, 0.6) is 11.5 Å². The maximum Gasteiger partial charge on any atom is 0.415 e. The first-order valence-electron chi connectivity index (χ1n) is 14.7. The van der Waals surface area contributed by atoms with E-state index < -0.39 is 23.8 Å². The van der Waals surface area contributed by atoms with Crippen LogP contribution in [-0.4, -0.2) is 66.7 Å². The van der Waals surface area contributed by atoms with Gasteiger partial charge in [0.25, 0.3) is 0 Å². The highest BCUT2D eigenvalue weighted by Gasteiger charge is 2.47. The normalized spacial score (nSPS) is 17.4. The number of amides is 1. The zero-order valence-corrected chi connectivity index (χ0v) is 24.7. The van der Waals surface area contributed by atoms with E-state index in [0.29, 0.717) is 68.3 Å². The second kappa shape index (κ2) is 13.9. The number of rotatable bonds is 13. The number of hydrogen-bond acceptors (Lipinski definition) is 6. The molecule has 1 spiro atoms. The van der Waals surface area contributed by atoms with Gasteiger partial charge in [-0.3, -0.25) is 9.80 Å². The lowest BCUT2D eigenvalue weighted by molar-refractivity contribution is -0.00101. The molecule has 42 heavy (non-hydrogen) atoms. The van der Waals surface area contributed by atoms with Crippen LogP contribution in [0, 0.1) is 0 Å². The SMILES string of the molecule is C=C(C=CC(F)CCC)c1c(OCC)cc(CN2CCC3(CC2)CN(c2cccc(C(=O)O)c2)C(=O)O3)cc1OCC. The second-order valence-electron chi connectivity index (χ2n) is 10.8. The molecule has 2 heterocycles. The van der Waals surface area contributed by atoms with Crippen LogP contribution in [0.2, 0.25) is 0 Å². The topological polar surface area (TPSA) is 88.5 Å². The standard InChI is InChI=1S/C33H41FN2O6/c1-5-9-26(34)13-12-23(4)30-28(40-6-2)18-24(19-29(30)41-7-3)21-35-16-14-33(15-17-35)22-36(32(39)42-33)27-11-8-10-25(20-27)31(37)38/h8,10-13,18-20,26H,4-7,9,14-17,21-22H2,1-3H3,(H,37,38). The lowest BCUT2D eigenvalue weighted by atomic mass is 9.91. The number of ether oxygens (including phenoxy) is 3. The van der Waals surface area contributed by atoms with Crippen molar-refractivity contribution in [1.82, 2.24) is 4.90 Å². The van der Waals surface area contributed by atoms with Crippen molar-refractivity contribution in [2.75, 3.05) is 37.7 Å². The number of likely N-dealkylation sites (tertiary alicyclic amines) is 1. The van der Waals surface area contributed by atoms with Crippen LogP contribution in [0.4, 0.5) is 14.9 Å². The third-order valence-corrected chi connectivity index (χ3v) is 7.67. The summed E-state index contributed by atoms with van der Waals surface area (Å²) < 4.78 is 32.0. The molecule has 2 saturated heterocycles. The molecule has 0 aromatic heterocycles. The van der Waals surface area contributed by atoms with Gasteiger partial charge in [0.15, 0.2) is 0 Å². The lowest BCUT2D eigenvalue weighted by Crippen LogP contribution is -2.46. The molecule has 226 valence electrons. The largest absolute Gasteiger partial charge is 0.493 e. The van der Waals surface area contributed by atoms with Crippen molar-refractivity contribution < 1.29 is 33.3 Å². The zero-order chi connectivity index (χ0) is 30.3. The van der Waals surface area contributed by atoms with E-state index in [1.54, 1.807) is 18.2 Å². The molecule has 0 radical (unpaired) electrons. The van der Waals surface area contributed by atoms with Crippen molar-refractivity contribution in [2.24, 2.45) is 0 Å². The summed E-state index contributed by atoms with van der Waals surface area (Å²) in [5, 5.41) is 9.33. The number of carbonyl (C=O) groups excluding carboxylic acids is 1. The second-order valence-corrected chi connectivity index (χ2v) is 10.8. The number of aromatic carboxylic acids is 1. The fourth-order valence-corrected chi connectivity index (χ4v) is 5.53. The Balaban J connectivity index is 1.46. The highest BCUT2D eigenvalue weighted by Crippen LogP contribution is 2.39. The smallest absolute Gasteiger partial charge is 0.415 e. The molecule has 1 atom stereocenters. The summed E-state index contributed by atoms with van der Waals surface area (Å²) in [5.74, 6) is 0.259. The summed E-state index contributed by atoms with van der Waals surface area (Å²) in [6.45, 7) is 13.4. The predicted octanol–water partition coefficient (Wildman–Crippen LogP) is 6.88. The average Bonchev–Trinajstić information content (AvgIpc) is 3.29. The molecule has 1 unspecified atom stereocenters. The molecule has 2 aromatic carbocycles. The monoisotopic (exact) mass is 580 g/mol. The molecule has 1 amide bonds. The lowest BCUT2D eigenvalue weighted by Gasteiger charge is -2.37. The number of piperidine rings is 1. The van der Waals surface area contributed by atoms with Crippen LogP contribution in [0.15, 0.2) is 55.1 Å². The Bertz CT molecular complexity index is 1290. The number of allylic oxidation sites excluding steroid dienone is 3. The predicted molar refractivity (Wildman–Crippen MR) is 161 cm³/mol. The number of benzene rings is 2. The van der Waals surface area contributed by atoms with Gasteiger partial charge in [0, 0.05) is 38.2 Å². The minimum Gasteiger partial charge on any atom is -0.493 e. The van der Waals surface area contributed by atoms with Gasteiger partial charge in [0.2, 0.25) is 0 Å². The highest BCUT2D eigenvalue weighted by atomic mass is 19.1. The van der Waals surface area contributed by atoms with E-state index in [4.69, 9.17) is 14.2 Å². The highest BCUT2D eigenvalue weighted by molar-refractivity contribution is 5.94. The maximum absolute atomic E-state index is 14.1. The van der Waals surface area contributed by atoms with Crippen LogP contribution < -0.4 is 14.4 Å². The summed E-state index contributed by atoms with van der Waals surface area (Å²) in [4.78, 5) is 28.0. The number of carboxylic acids is 1. The van der Waals surface area contributed by atoms with E-state index in [9.17, 15) is 19.1 Å². The quantitative estimate of drug-likeness (QED) is 0.258. The van der Waals surface area contributed by atoms with Crippen LogP contribution in [0.25, 0.3) is 5.57 Å². The minimum atomic E-state index is -1.04. The Morgan fingerprint density at radius 2 is 1.81 bits per heavy atom. The van der Waals surface area contributed by atoms with Gasteiger partial charge in [-0.05, 0) is 61.7 Å². The number of anilines is 1. The van der Waals surface area contributed by atoms with Crippen LogP contribution >= 0.6 is 0 Å². The van der Waals surface area contributed by atoms with Gasteiger partial charge < -0.3 is 19.3 Å². The summed E-state index contributed by atoms with van der Waals surface area (Å²) >= 11 is 0. The summed E-state index contributed by atoms with van der Waals surface area (Å²) in [7, 11) is 0. The fourth-order valence-electron chi connectivity index (χ4n) is 5.53. The Kier molecular flexibility index (Phi) is 10.3. The Morgan fingerprint density at radius 3 is 2.40 bits per heavy atom. The molecule has 2 aliphatic rings. The molecule has 9 heteroatoms. The van der Waals surface area contributed by atoms with E-state index in [-0.39, 0.29) is 5.56 Å². The van der Waals surface area contributed by atoms with E-state index in [1.807, 2.05) is 32.9 Å². The van der Waals surface area contributed by atoms with Gasteiger partial charge in [-0.1, -0.05) is 38.1 Å². The molecule has 2 fully saturated rings. The summed E-state index contributed by atoms with van der Waals surface area (Å²) in [6, 6.07) is 10.4. The molecule has 0 saturated carbocycles. The molecule has 1 N–H and O–H groups in total. The molecule has 0 bridgehead atoms. The van der Waals surface area contributed by atoms with Crippen molar-refractivity contribution >= 4 is 23.3 Å². The van der Waals surface area contributed by atoms with Crippen molar-refractivity contribution in [3.8, 4) is 11.5 Å². The van der Waals surface area contributed by atoms with E-state index in [0.717, 1.165) is 30.6 Å². The molecule has 8 nitrogen and oxygen atoms in total. The number of hydrogen-bond donors (Lipinski definition) is 1. The van der Waals surface area contributed by atoms with Gasteiger partial charge in [-0.2, -0.15) is 0 Å². The number of halogens is 1. The number of carbonyl (C=O) groups is 2. The number of carboxylic acid groups (broad SMARTS) is 1. The first kappa shape index (κ1) is 31.1. The summed E-state index contributed by atoms with van der Waals surface area (Å²) in [5.41, 5.74) is 2.42. The average molecular weight is 581 g/mol. The number of alkyl halides is 1. The Hall–Kier alpha value is -3.85. The molecule has 4 rings (SSSR count). The molecule has 0 aliphatic carbocycles. The first-order valence-corrected chi connectivity index (χ1v) is 14.7. The van der Waals surface area contributed by atoms with Crippen LogP contribution in [0.3, 0.4) is 0 Å². The molecule has 2 aliphatic heterocycles. The van der Waals surface area contributed by atoms with Crippen LogP contribution in [0.1, 0.15) is 67.9 Å². The Morgan fingerprint density at radius 1 is 1.14 bits per heavy atom. The van der Waals surface area contributed by atoms with Gasteiger partial charge in [0.05, 0.1) is 30.9 Å². The van der Waals surface area contributed by atoms with Crippen LogP contribution in [-0.2, 0) is 11.3 Å². The minimum absolute atomic E-state index is 0.127. The summed E-state index contributed by atoms with van der Waals surface area (Å²) in [6.07, 6.45) is 4.31. The Labute approximate surface area is 247 Å². The first-order chi connectivity index (χ1) is 20.2. The van der Waals surface area contributed by atoms with Crippen molar-refractivity contribution in [1.29, 1.82) is 0 Å². The van der Waals surface area contributed by atoms with Gasteiger partial charge >= 0.3 is 12.1 Å². The molecular formula is C33H41FN2O6. The van der Waals surface area contributed by atoms with Gasteiger partial charge in [-0.25, -0.2) is 14.0 Å². The molecular weight excluding hydrogens is 539 g/mol. The zero-order valence-electron chi connectivity index (χ0n) is 24.7. The molecule has 2 aromatic rings. The fraction of sp³-hybridized carbons (Fsp3) is 0.455. The van der Waals surface area contributed by atoms with Gasteiger partial charge in [-0.15, -0.1) is 0 Å². The van der Waals surface area contributed by atoms with E-state index in [1.165, 1.54) is 23.1 Å². The van der Waals surface area contributed by atoms with E-state index >= 15 is 0 Å². The number of nitrogens with zero attached hydrogens (tertiary/aromatic N) is 2. The van der Waals surface area contributed by atoms with Crippen molar-refractivity contribution in [3.05, 3.63) is 71.8 Å². The van der Waals surface area contributed by atoms with Crippen molar-refractivity contribution in [2.45, 2.75) is 64.8 Å². The third kappa shape index (κ3) is 7.31. The maximum atomic E-state index is 14.1. The third-order valence-electron chi connectivity index (χ3n) is 7.67. The van der Waals surface area contributed by atoms with E-state index in [2.05, 4.69) is 11.5 Å².